The number of carbonyl (C=O) groups excluding carboxylic acids is 1. The van der Waals surface area contributed by atoms with Gasteiger partial charge in [-0.1, -0.05) is 19.8 Å². The lowest BCUT2D eigenvalue weighted by molar-refractivity contribution is -0.126. The van der Waals surface area contributed by atoms with E-state index < -0.39 is 0 Å². The maximum Gasteiger partial charge on any atom is 0.223 e. The lowest BCUT2D eigenvalue weighted by Crippen LogP contribution is -2.37. The van der Waals surface area contributed by atoms with E-state index in [0.717, 1.165) is 44.7 Å². The number of nitrogens with one attached hydrogen (secondary N) is 1. The van der Waals surface area contributed by atoms with Gasteiger partial charge >= 0.3 is 0 Å². The van der Waals surface area contributed by atoms with Crippen LogP contribution in [0.4, 0.5) is 0 Å². The molecule has 3 heteroatoms. The van der Waals surface area contributed by atoms with E-state index >= 15 is 0 Å². The molecule has 2 aliphatic carbocycles. The smallest absolute Gasteiger partial charge is 0.223 e. The van der Waals surface area contributed by atoms with E-state index in [1.54, 1.807) is 0 Å². The molecule has 2 atom stereocenters. The van der Waals surface area contributed by atoms with Crippen molar-refractivity contribution in [3.05, 3.63) is 0 Å². The van der Waals surface area contributed by atoms with Crippen molar-refractivity contribution in [2.24, 2.45) is 29.4 Å². The first kappa shape index (κ1) is 14.8. The van der Waals surface area contributed by atoms with Gasteiger partial charge in [0.1, 0.15) is 0 Å². The molecule has 2 unspecified atom stereocenters. The molecule has 1 amide bonds. The molecule has 0 radical (unpaired) electrons. The summed E-state index contributed by atoms with van der Waals surface area (Å²) in [7, 11) is 0. The predicted octanol–water partition coefficient (Wildman–Crippen LogP) is 2.69. The van der Waals surface area contributed by atoms with Crippen LogP contribution in [0.25, 0.3) is 0 Å². The molecule has 0 saturated heterocycles. The zero-order valence-electron chi connectivity index (χ0n) is 12.4. The summed E-state index contributed by atoms with van der Waals surface area (Å²) in [6.07, 6.45) is 9.63. The molecule has 0 aromatic heterocycles. The van der Waals surface area contributed by atoms with Gasteiger partial charge in [-0.15, -0.1) is 0 Å². The maximum absolute atomic E-state index is 12.2. The topological polar surface area (TPSA) is 55.1 Å². The van der Waals surface area contributed by atoms with Gasteiger partial charge in [0.15, 0.2) is 0 Å². The van der Waals surface area contributed by atoms with Crippen LogP contribution in [0.1, 0.15) is 58.3 Å². The van der Waals surface area contributed by atoms with Crippen molar-refractivity contribution in [1.82, 2.24) is 5.32 Å². The van der Waals surface area contributed by atoms with E-state index in [-0.39, 0.29) is 5.92 Å². The summed E-state index contributed by atoms with van der Waals surface area (Å²) in [5.74, 6) is 2.77. The summed E-state index contributed by atoms with van der Waals surface area (Å²) >= 11 is 0. The van der Waals surface area contributed by atoms with Crippen molar-refractivity contribution in [1.29, 1.82) is 0 Å². The molecule has 2 fully saturated rings. The molecule has 2 rings (SSSR count). The largest absolute Gasteiger partial charge is 0.356 e. The Bertz CT molecular complexity index is 284. The van der Waals surface area contributed by atoms with Crippen LogP contribution in [0.3, 0.4) is 0 Å². The lowest BCUT2D eigenvalue weighted by atomic mass is 9.81. The summed E-state index contributed by atoms with van der Waals surface area (Å²) in [5, 5.41) is 3.21. The lowest BCUT2D eigenvalue weighted by Gasteiger charge is -2.29. The fraction of sp³-hybridized carbons (Fsp3) is 0.938. The van der Waals surface area contributed by atoms with Gasteiger partial charge in [0.25, 0.3) is 0 Å². The second kappa shape index (κ2) is 7.28. The minimum Gasteiger partial charge on any atom is -0.356 e. The average Bonchev–Trinajstić information content (AvgIpc) is 2.45. The highest BCUT2D eigenvalue weighted by Crippen LogP contribution is 2.30. The zero-order chi connectivity index (χ0) is 13.7. The summed E-state index contributed by atoms with van der Waals surface area (Å²) in [5.41, 5.74) is 5.69. The Morgan fingerprint density at radius 3 is 2.47 bits per heavy atom. The summed E-state index contributed by atoms with van der Waals surface area (Å²) < 4.78 is 0. The van der Waals surface area contributed by atoms with Gasteiger partial charge in [-0.3, -0.25) is 4.79 Å². The standard InChI is InChI=1S/C16H30N2O/c1-12-3-2-4-14(9-12)11-18-16(19)15-7-5-13(10-17)6-8-15/h12-15H,2-11,17H2,1H3,(H,18,19). The molecule has 0 aliphatic heterocycles. The Morgan fingerprint density at radius 2 is 1.84 bits per heavy atom. The van der Waals surface area contributed by atoms with Crippen molar-refractivity contribution in [3.8, 4) is 0 Å². The first-order valence-electron chi connectivity index (χ1n) is 8.16. The molecule has 110 valence electrons. The Kier molecular flexibility index (Phi) is 5.68. The highest BCUT2D eigenvalue weighted by molar-refractivity contribution is 5.78. The highest BCUT2D eigenvalue weighted by Gasteiger charge is 2.26. The molecular formula is C16H30N2O. The maximum atomic E-state index is 12.2. The number of carbonyl (C=O) groups is 1. The summed E-state index contributed by atoms with van der Waals surface area (Å²) in [4.78, 5) is 12.2. The van der Waals surface area contributed by atoms with Gasteiger partial charge < -0.3 is 11.1 Å². The molecule has 19 heavy (non-hydrogen) atoms. The molecule has 2 aliphatic rings. The van der Waals surface area contributed by atoms with Gasteiger partial charge in [0, 0.05) is 12.5 Å². The van der Waals surface area contributed by atoms with Crippen molar-refractivity contribution in [2.75, 3.05) is 13.1 Å². The fourth-order valence-electron chi connectivity index (χ4n) is 3.79. The third-order valence-corrected chi connectivity index (χ3v) is 5.16. The molecule has 0 bridgehead atoms. The van der Waals surface area contributed by atoms with Crippen LogP contribution in [0.2, 0.25) is 0 Å². The molecule has 0 aromatic rings. The minimum absolute atomic E-state index is 0.254. The molecule has 0 aromatic carbocycles. The highest BCUT2D eigenvalue weighted by atomic mass is 16.1. The van der Waals surface area contributed by atoms with Gasteiger partial charge in [0.05, 0.1) is 0 Å². The minimum atomic E-state index is 0.254. The zero-order valence-corrected chi connectivity index (χ0v) is 12.4. The normalized spacial score (nSPS) is 35.9. The van der Waals surface area contributed by atoms with E-state index in [0.29, 0.717) is 17.7 Å². The molecule has 0 heterocycles. The number of amides is 1. The van der Waals surface area contributed by atoms with Crippen LogP contribution >= 0.6 is 0 Å². The van der Waals surface area contributed by atoms with Crippen LogP contribution in [0.15, 0.2) is 0 Å². The Hall–Kier alpha value is -0.570. The van der Waals surface area contributed by atoms with Gasteiger partial charge in [-0.2, -0.15) is 0 Å². The molecule has 3 N–H and O–H groups in total. The van der Waals surface area contributed by atoms with Crippen molar-refractivity contribution < 1.29 is 4.79 Å². The third kappa shape index (κ3) is 4.48. The van der Waals surface area contributed by atoms with E-state index in [1.165, 1.54) is 25.7 Å². The molecular weight excluding hydrogens is 236 g/mol. The first-order chi connectivity index (χ1) is 9.19. The van der Waals surface area contributed by atoms with E-state index in [2.05, 4.69) is 12.2 Å². The van der Waals surface area contributed by atoms with Gasteiger partial charge in [-0.25, -0.2) is 0 Å². The average molecular weight is 266 g/mol. The van der Waals surface area contributed by atoms with Crippen LogP contribution in [-0.4, -0.2) is 19.0 Å². The number of hydrogen-bond donors (Lipinski definition) is 2. The van der Waals surface area contributed by atoms with Crippen LogP contribution in [-0.2, 0) is 4.79 Å². The predicted molar refractivity (Wildman–Crippen MR) is 78.6 cm³/mol. The number of rotatable bonds is 4. The van der Waals surface area contributed by atoms with Crippen LogP contribution in [0.5, 0.6) is 0 Å². The summed E-state index contributed by atoms with van der Waals surface area (Å²) in [6, 6.07) is 0. The summed E-state index contributed by atoms with van der Waals surface area (Å²) in [6.45, 7) is 4.02. The second-order valence-corrected chi connectivity index (χ2v) is 6.84. The first-order valence-corrected chi connectivity index (χ1v) is 8.16. The molecule has 0 spiro atoms. The fourth-order valence-corrected chi connectivity index (χ4v) is 3.79. The SMILES string of the molecule is CC1CCCC(CNC(=O)C2CCC(CN)CC2)C1. The second-order valence-electron chi connectivity index (χ2n) is 6.84. The quantitative estimate of drug-likeness (QED) is 0.822. The third-order valence-electron chi connectivity index (χ3n) is 5.16. The van der Waals surface area contributed by atoms with Crippen molar-refractivity contribution >= 4 is 5.91 Å². The van der Waals surface area contributed by atoms with Gasteiger partial charge in [0.2, 0.25) is 5.91 Å². The van der Waals surface area contributed by atoms with Gasteiger partial charge in [-0.05, 0) is 62.8 Å². The van der Waals surface area contributed by atoms with E-state index in [9.17, 15) is 4.79 Å². The number of nitrogens with two attached hydrogens (primary N) is 1. The van der Waals surface area contributed by atoms with Crippen LogP contribution in [0, 0.1) is 23.7 Å². The van der Waals surface area contributed by atoms with Crippen molar-refractivity contribution in [2.45, 2.75) is 58.3 Å². The number of hydrogen-bond acceptors (Lipinski definition) is 2. The Morgan fingerprint density at radius 1 is 1.11 bits per heavy atom. The molecule has 2 saturated carbocycles. The Labute approximate surface area is 117 Å². The van der Waals surface area contributed by atoms with E-state index in [4.69, 9.17) is 5.73 Å². The Balaban J connectivity index is 1.67. The van der Waals surface area contributed by atoms with Crippen molar-refractivity contribution in [3.63, 3.8) is 0 Å². The molecule has 3 nitrogen and oxygen atoms in total. The monoisotopic (exact) mass is 266 g/mol. The van der Waals surface area contributed by atoms with Crippen LogP contribution < -0.4 is 11.1 Å². The van der Waals surface area contributed by atoms with E-state index in [1.807, 2.05) is 0 Å².